The van der Waals surface area contributed by atoms with Gasteiger partial charge in [0.05, 0.1) is 38.4 Å². The van der Waals surface area contributed by atoms with Crippen LogP contribution in [-0.4, -0.2) is 22.1 Å². The molecule has 0 amide bonds. The topological polar surface area (TPSA) is 117 Å². The Morgan fingerprint density at radius 3 is 2.62 bits per heavy atom. The Morgan fingerprint density at radius 1 is 1.21 bits per heavy atom. The van der Waals surface area contributed by atoms with E-state index in [4.69, 9.17) is 32.4 Å². The Balaban J connectivity index is 1.60. The SMILES string of the molecule is CCOC(=O)C1=C(C)N=c2s/c(=C/c3ccc(-c4ccc([N+](=O)[O-])cc4Cl)o3)c(=O)n2C1c1ccc(Cl)cc1. The quantitative estimate of drug-likeness (QED) is 0.173. The van der Waals surface area contributed by atoms with E-state index in [0.29, 0.717) is 42.7 Å². The fraction of sp³-hybridized carbons (Fsp3) is 0.148. The lowest BCUT2D eigenvalue weighted by molar-refractivity contribution is -0.384. The Morgan fingerprint density at radius 2 is 1.95 bits per heavy atom. The summed E-state index contributed by atoms with van der Waals surface area (Å²) in [6.07, 6.45) is 1.58. The average Bonchev–Trinajstić information content (AvgIpc) is 3.48. The summed E-state index contributed by atoms with van der Waals surface area (Å²) >= 11 is 13.5. The zero-order valence-electron chi connectivity index (χ0n) is 20.5. The number of esters is 1. The molecule has 1 atom stereocenters. The lowest BCUT2D eigenvalue weighted by atomic mass is 9.96. The number of ether oxygens (including phenoxy) is 1. The molecule has 0 aliphatic carbocycles. The minimum Gasteiger partial charge on any atom is -0.463 e. The lowest BCUT2D eigenvalue weighted by Crippen LogP contribution is -2.39. The lowest BCUT2D eigenvalue weighted by Gasteiger charge is -2.24. The fourth-order valence-corrected chi connectivity index (χ4v) is 5.69. The molecule has 9 nitrogen and oxygen atoms in total. The van der Waals surface area contributed by atoms with Crippen LogP contribution in [0.5, 0.6) is 0 Å². The number of carbonyl (C=O) groups excluding carboxylic acids is 1. The third-order valence-corrected chi connectivity index (χ3v) is 7.58. The van der Waals surface area contributed by atoms with E-state index in [2.05, 4.69) is 4.99 Å². The van der Waals surface area contributed by atoms with Gasteiger partial charge in [-0.3, -0.25) is 19.5 Å². The second kappa shape index (κ2) is 10.6. The van der Waals surface area contributed by atoms with Crippen molar-refractivity contribution >= 4 is 52.3 Å². The number of carbonyl (C=O) groups is 1. The summed E-state index contributed by atoms with van der Waals surface area (Å²) in [5, 5.41) is 11.7. The monoisotopic (exact) mass is 583 g/mol. The highest BCUT2D eigenvalue weighted by molar-refractivity contribution is 7.07. The zero-order chi connectivity index (χ0) is 27.8. The maximum Gasteiger partial charge on any atom is 0.338 e. The minimum absolute atomic E-state index is 0.135. The molecule has 12 heteroatoms. The average molecular weight is 584 g/mol. The van der Waals surface area contributed by atoms with Crippen LogP contribution < -0.4 is 14.9 Å². The molecule has 0 radical (unpaired) electrons. The van der Waals surface area contributed by atoms with Crippen LogP contribution in [0.1, 0.15) is 31.2 Å². The smallest absolute Gasteiger partial charge is 0.338 e. The number of non-ortho nitro benzene ring substituents is 1. The van der Waals surface area contributed by atoms with Gasteiger partial charge in [0.2, 0.25) is 0 Å². The molecule has 4 aromatic rings. The summed E-state index contributed by atoms with van der Waals surface area (Å²) in [6.45, 7) is 3.59. The molecule has 0 bridgehead atoms. The molecule has 5 rings (SSSR count). The number of rotatable bonds is 6. The second-order valence-corrected chi connectivity index (χ2v) is 10.3. The van der Waals surface area contributed by atoms with E-state index in [1.807, 2.05) is 0 Å². The number of thiazole rings is 1. The number of fused-ring (bicyclic) bond motifs is 1. The molecule has 1 aliphatic heterocycles. The largest absolute Gasteiger partial charge is 0.463 e. The Hall–Kier alpha value is -3.99. The van der Waals surface area contributed by atoms with Gasteiger partial charge in [-0.1, -0.05) is 46.7 Å². The van der Waals surface area contributed by atoms with Gasteiger partial charge in [-0.2, -0.15) is 0 Å². The van der Waals surface area contributed by atoms with E-state index >= 15 is 0 Å². The molecule has 198 valence electrons. The molecule has 0 spiro atoms. The molecule has 3 heterocycles. The number of hydrogen-bond acceptors (Lipinski definition) is 8. The number of nitrogens with zero attached hydrogens (tertiary/aromatic N) is 3. The number of halogens is 2. The zero-order valence-corrected chi connectivity index (χ0v) is 22.8. The van der Waals surface area contributed by atoms with Gasteiger partial charge in [0.1, 0.15) is 11.5 Å². The van der Waals surface area contributed by atoms with Crippen LogP contribution in [0.3, 0.4) is 0 Å². The Kier molecular flexibility index (Phi) is 7.26. The van der Waals surface area contributed by atoms with Crippen molar-refractivity contribution in [1.29, 1.82) is 0 Å². The molecular weight excluding hydrogens is 565 g/mol. The highest BCUT2D eigenvalue weighted by Gasteiger charge is 2.33. The van der Waals surface area contributed by atoms with Gasteiger partial charge in [0.25, 0.3) is 11.2 Å². The van der Waals surface area contributed by atoms with Crippen molar-refractivity contribution in [2.75, 3.05) is 6.61 Å². The predicted molar refractivity (Wildman–Crippen MR) is 148 cm³/mol. The summed E-state index contributed by atoms with van der Waals surface area (Å²) in [4.78, 5) is 42.1. The first-order valence-corrected chi connectivity index (χ1v) is 13.2. The molecule has 1 aliphatic rings. The maximum absolute atomic E-state index is 13.7. The van der Waals surface area contributed by atoms with Gasteiger partial charge in [-0.05, 0) is 49.7 Å². The van der Waals surface area contributed by atoms with Crippen LogP contribution in [0.4, 0.5) is 5.69 Å². The van der Waals surface area contributed by atoms with Crippen LogP contribution in [0.2, 0.25) is 10.0 Å². The third-order valence-electron chi connectivity index (χ3n) is 6.03. The van der Waals surface area contributed by atoms with E-state index in [9.17, 15) is 19.7 Å². The molecule has 2 aromatic heterocycles. The van der Waals surface area contributed by atoms with Crippen molar-refractivity contribution in [3.63, 3.8) is 0 Å². The molecular formula is C27H19Cl2N3O6S. The fourth-order valence-electron chi connectivity index (χ4n) is 4.27. The Bertz CT molecular complexity index is 1840. The van der Waals surface area contributed by atoms with Crippen LogP contribution in [0.15, 0.2) is 80.1 Å². The molecule has 2 aromatic carbocycles. The van der Waals surface area contributed by atoms with Crippen molar-refractivity contribution in [3.05, 3.63) is 117 Å². The van der Waals surface area contributed by atoms with E-state index in [0.717, 1.165) is 11.3 Å². The van der Waals surface area contributed by atoms with Crippen LogP contribution in [0, 0.1) is 10.1 Å². The van der Waals surface area contributed by atoms with Gasteiger partial charge in [0.15, 0.2) is 4.80 Å². The Labute approximate surface area is 235 Å². The maximum atomic E-state index is 13.7. The van der Waals surface area contributed by atoms with Crippen LogP contribution >= 0.6 is 34.5 Å². The highest BCUT2D eigenvalue weighted by Crippen LogP contribution is 2.33. The van der Waals surface area contributed by atoms with Crippen LogP contribution in [-0.2, 0) is 9.53 Å². The number of aromatic nitrogens is 1. The first-order valence-electron chi connectivity index (χ1n) is 11.7. The summed E-state index contributed by atoms with van der Waals surface area (Å²) in [6, 6.07) is 13.6. The molecule has 0 saturated carbocycles. The number of furan rings is 1. The molecule has 0 N–H and O–H groups in total. The van der Waals surface area contributed by atoms with Crippen LogP contribution in [0.25, 0.3) is 17.4 Å². The van der Waals surface area contributed by atoms with Gasteiger partial charge in [-0.15, -0.1) is 0 Å². The van der Waals surface area contributed by atoms with Crippen molar-refractivity contribution in [3.8, 4) is 11.3 Å². The third kappa shape index (κ3) is 5.06. The first-order chi connectivity index (χ1) is 18.7. The molecule has 39 heavy (non-hydrogen) atoms. The number of allylic oxidation sites excluding steroid dienone is 1. The van der Waals surface area contributed by atoms with E-state index in [-0.39, 0.29) is 28.4 Å². The highest BCUT2D eigenvalue weighted by atomic mass is 35.5. The number of nitro groups is 1. The second-order valence-electron chi connectivity index (χ2n) is 8.48. The number of benzene rings is 2. The molecule has 0 fully saturated rings. The number of nitro benzene ring substituents is 1. The van der Waals surface area contributed by atoms with Gasteiger partial charge in [-0.25, -0.2) is 9.79 Å². The standard InChI is InChI=1S/C27H19Cl2N3O6S/c1-3-37-26(34)23-14(2)30-27-31(24(23)15-4-6-16(28)7-5-15)25(33)22(39-27)13-18-9-11-21(38-18)19-10-8-17(32(35)36)12-20(19)29/h4-13,24H,3H2,1-2H3/b22-13+. The minimum atomic E-state index is -0.759. The van der Waals surface area contributed by atoms with E-state index in [1.165, 1.54) is 22.8 Å². The summed E-state index contributed by atoms with van der Waals surface area (Å²) in [7, 11) is 0. The predicted octanol–water partition coefficient (Wildman–Crippen LogP) is 5.27. The molecule has 1 unspecified atom stereocenters. The van der Waals surface area contributed by atoms with Crippen molar-refractivity contribution in [1.82, 2.24) is 4.57 Å². The normalized spacial score (nSPS) is 15.2. The summed E-state index contributed by atoms with van der Waals surface area (Å²) in [5.74, 6) is 0.200. The molecule has 0 saturated heterocycles. The van der Waals surface area contributed by atoms with E-state index in [1.54, 1.807) is 56.3 Å². The van der Waals surface area contributed by atoms with Crippen molar-refractivity contribution in [2.24, 2.45) is 4.99 Å². The van der Waals surface area contributed by atoms with Gasteiger partial charge in [0, 0.05) is 28.8 Å². The summed E-state index contributed by atoms with van der Waals surface area (Å²) in [5.41, 5.74) is 1.38. The van der Waals surface area contributed by atoms with Crippen molar-refractivity contribution < 1.29 is 18.9 Å². The van der Waals surface area contributed by atoms with Crippen molar-refractivity contribution in [2.45, 2.75) is 19.9 Å². The van der Waals surface area contributed by atoms with Gasteiger partial charge < -0.3 is 9.15 Å². The number of hydrogen-bond donors (Lipinski definition) is 0. The first kappa shape index (κ1) is 26.6. The summed E-state index contributed by atoms with van der Waals surface area (Å²) < 4.78 is 13.0. The van der Waals surface area contributed by atoms with Gasteiger partial charge >= 0.3 is 5.97 Å². The van der Waals surface area contributed by atoms with E-state index < -0.39 is 16.9 Å².